The molecule has 2 aromatic heterocycles. The Balaban J connectivity index is 1.38. The van der Waals surface area contributed by atoms with E-state index in [1.54, 1.807) is 17.6 Å². The van der Waals surface area contributed by atoms with Gasteiger partial charge in [0.1, 0.15) is 0 Å². The molecule has 1 atom stereocenters. The Labute approximate surface area is 154 Å². The number of hydrogen-bond acceptors (Lipinski definition) is 5. The van der Waals surface area contributed by atoms with Crippen LogP contribution in [-0.2, 0) is 17.8 Å². The molecule has 2 saturated heterocycles. The van der Waals surface area contributed by atoms with Gasteiger partial charge in [-0.05, 0) is 59.8 Å². The molecule has 0 unspecified atom stereocenters. The molecular formula is C20H28N2O2S. The predicted octanol–water partition coefficient (Wildman–Crippen LogP) is 3.70. The van der Waals surface area contributed by atoms with E-state index in [1.807, 2.05) is 13.4 Å². The van der Waals surface area contributed by atoms with E-state index in [2.05, 4.69) is 32.7 Å². The lowest BCUT2D eigenvalue weighted by molar-refractivity contribution is 0.0350. The third-order valence-electron chi connectivity index (χ3n) is 6.08. The fraction of sp³-hybridized carbons (Fsp3) is 0.600. The van der Waals surface area contributed by atoms with Gasteiger partial charge in [0.15, 0.2) is 0 Å². The fourth-order valence-corrected chi connectivity index (χ4v) is 5.36. The van der Waals surface area contributed by atoms with Crippen LogP contribution in [0.5, 0.6) is 0 Å². The average Bonchev–Trinajstić information content (AvgIpc) is 3.34. The van der Waals surface area contributed by atoms with Crippen molar-refractivity contribution in [1.82, 2.24) is 9.80 Å². The van der Waals surface area contributed by atoms with E-state index in [-0.39, 0.29) is 0 Å². The molecule has 136 valence electrons. The Hall–Kier alpha value is -1.14. The van der Waals surface area contributed by atoms with Gasteiger partial charge in [-0.3, -0.25) is 9.80 Å². The highest BCUT2D eigenvalue weighted by Crippen LogP contribution is 2.45. The highest BCUT2D eigenvalue weighted by Gasteiger charge is 2.47. The predicted molar refractivity (Wildman–Crippen MR) is 101 cm³/mol. The summed E-state index contributed by atoms with van der Waals surface area (Å²) in [5, 5.41) is 4.46. The van der Waals surface area contributed by atoms with Crippen LogP contribution in [0.25, 0.3) is 0 Å². The Kier molecular flexibility index (Phi) is 5.27. The van der Waals surface area contributed by atoms with E-state index in [9.17, 15) is 0 Å². The maximum Gasteiger partial charge on any atom is 0.0947 e. The van der Waals surface area contributed by atoms with Crippen LogP contribution in [0.2, 0.25) is 0 Å². The molecule has 0 bridgehead atoms. The fourth-order valence-electron chi connectivity index (χ4n) is 4.70. The quantitative estimate of drug-likeness (QED) is 0.785. The van der Waals surface area contributed by atoms with Crippen molar-refractivity contribution in [2.45, 2.75) is 25.9 Å². The Morgan fingerprint density at radius 2 is 2.04 bits per heavy atom. The number of rotatable bonds is 6. The van der Waals surface area contributed by atoms with Gasteiger partial charge in [-0.1, -0.05) is 0 Å². The molecule has 0 radical (unpaired) electrons. The second-order valence-electron chi connectivity index (χ2n) is 7.72. The molecule has 4 nitrogen and oxygen atoms in total. The third-order valence-corrected chi connectivity index (χ3v) is 6.81. The second-order valence-corrected chi connectivity index (χ2v) is 8.50. The summed E-state index contributed by atoms with van der Waals surface area (Å²) in [4.78, 5) is 5.22. The molecule has 2 fully saturated rings. The number of methoxy groups -OCH3 is 1. The van der Waals surface area contributed by atoms with Gasteiger partial charge in [0.05, 0.1) is 19.1 Å². The number of hydrogen-bond donors (Lipinski definition) is 0. The first-order valence-corrected chi connectivity index (χ1v) is 10.2. The van der Waals surface area contributed by atoms with Crippen LogP contribution in [0.1, 0.15) is 24.0 Å². The number of ether oxygens (including phenoxy) is 1. The highest BCUT2D eigenvalue weighted by molar-refractivity contribution is 7.07. The SMILES string of the molecule is COC[C@H]1CN(Cc2ccsc2)CC12CCN(Cc1ccoc1)CC2. The molecular weight excluding hydrogens is 332 g/mol. The zero-order valence-corrected chi connectivity index (χ0v) is 15.8. The number of piperidine rings is 1. The lowest BCUT2D eigenvalue weighted by Crippen LogP contribution is -2.44. The summed E-state index contributed by atoms with van der Waals surface area (Å²) in [6.07, 6.45) is 6.20. The number of likely N-dealkylation sites (tertiary alicyclic amines) is 2. The van der Waals surface area contributed by atoms with E-state index >= 15 is 0 Å². The largest absolute Gasteiger partial charge is 0.472 e. The molecule has 4 heterocycles. The van der Waals surface area contributed by atoms with Crippen molar-refractivity contribution in [3.63, 3.8) is 0 Å². The Morgan fingerprint density at radius 1 is 1.20 bits per heavy atom. The zero-order chi connectivity index (χ0) is 17.1. The summed E-state index contributed by atoms with van der Waals surface area (Å²) in [5.41, 5.74) is 3.17. The molecule has 0 amide bonds. The summed E-state index contributed by atoms with van der Waals surface area (Å²) in [7, 11) is 1.85. The van der Waals surface area contributed by atoms with E-state index in [4.69, 9.17) is 9.15 Å². The summed E-state index contributed by atoms with van der Waals surface area (Å²) >= 11 is 1.80. The third kappa shape index (κ3) is 3.85. The summed E-state index contributed by atoms with van der Waals surface area (Å²) in [6.45, 7) is 7.74. The first kappa shape index (κ1) is 17.3. The molecule has 1 spiro atoms. The van der Waals surface area contributed by atoms with Gasteiger partial charge >= 0.3 is 0 Å². The standard InChI is InChI=1S/C20H28N2O2S/c1-23-14-19-12-22(11-18-3-9-25-15-18)16-20(19)4-6-21(7-5-20)10-17-2-8-24-13-17/h2-3,8-9,13,15,19H,4-7,10-12,14,16H2,1H3/t19-/m1/s1. The monoisotopic (exact) mass is 360 g/mol. The van der Waals surface area contributed by atoms with Gasteiger partial charge < -0.3 is 9.15 Å². The van der Waals surface area contributed by atoms with Gasteiger partial charge in [0.2, 0.25) is 0 Å². The summed E-state index contributed by atoms with van der Waals surface area (Å²) < 4.78 is 10.8. The lowest BCUT2D eigenvalue weighted by Gasteiger charge is -2.42. The van der Waals surface area contributed by atoms with Crippen LogP contribution < -0.4 is 0 Å². The molecule has 0 N–H and O–H groups in total. The van der Waals surface area contributed by atoms with E-state index < -0.39 is 0 Å². The van der Waals surface area contributed by atoms with Crippen LogP contribution in [0.4, 0.5) is 0 Å². The van der Waals surface area contributed by atoms with E-state index in [0.717, 1.165) is 19.7 Å². The maximum atomic E-state index is 5.60. The van der Waals surface area contributed by atoms with Crippen molar-refractivity contribution in [2.24, 2.45) is 11.3 Å². The topological polar surface area (TPSA) is 28.9 Å². The molecule has 4 rings (SSSR count). The van der Waals surface area contributed by atoms with Crippen molar-refractivity contribution in [3.8, 4) is 0 Å². The molecule has 2 aliphatic heterocycles. The highest BCUT2D eigenvalue weighted by atomic mass is 32.1. The average molecular weight is 361 g/mol. The van der Waals surface area contributed by atoms with Crippen LogP contribution in [0.3, 0.4) is 0 Å². The number of nitrogens with zero attached hydrogens (tertiary/aromatic N) is 2. The normalized spacial score (nSPS) is 24.3. The van der Waals surface area contributed by atoms with Gasteiger partial charge in [-0.25, -0.2) is 0 Å². The van der Waals surface area contributed by atoms with Crippen LogP contribution in [0, 0.1) is 11.3 Å². The van der Waals surface area contributed by atoms with Gasteiger partial charge in [0.25, 0.3) is 0 Å². The van der Waals surface area contributed by atoms with Crippen LogP contribution >= 0.6 is 11.3 Å². The molecule has 0 aliphatic carbocycles. The number of thiophene rings is 1. The van der Waals surface area contributed by atoms with Gasteiger partial charge in [-0.2, -0.15) is 11.3 Å². The molecule has 5 heteroatoms. The van der Waals surface area contributed by atoms with Gasteiger partial charge in [0, 0.05) is 44.8 Å². The first-order valence-electron chi connectivity index (χ1n) is 9.23. The van der Waals surface area contributed by atoms with Crippen molar-refractivity contribution >= 4 is 11.3 Å². The minimum Gasteiger partial charge on any atom is -0.472 e. The Morgan fingerprint density at radius 3 is 2.72 bits per heavy atom. The van der Waals surface area contributed by atoms with Crippen LogP contribution in [-0.4, -0.2) is 49.7 Å². The Bertz CT molecular complexity index is 633. The first-order chi connectivity index (χ1) is 12.3. The number of furan rings is 1. The van der Waals surface area contributed by atoms with Crippen molar-refractivity contribution in [3.05, 3.63) is 46.5 Å². The molecule has 0 aromatic carbocycles. The molecule has 2 aromatic rings. The van der Waals surface area contributed by atoms with E-state index in [0.29, 0.717) is 11.3 Å². The second kappa shape index (κ2) is 7.62. The van der Waals surface area contributed by atoms with Crippen molar-refractivity contribution < 1.29 is 9.15 Å². The van der Waals surface area contributed by atoms with Crippen molar-refractivity contribution in [2.75, 3.05) is 39.9 Å². The zero-order valence-electron chi connectivity index (χ0n) is 15.0. The maximum absolute atomic E-state index is 5.60. The summed E-state index contributed by atoms with van der Waals surface area (Å²) in [6, 6.07) is 4.34. The van der Waals surface area contributed by atoms with E-state index in [1.165, 1.54) is 50.1 Å². The lowest BCUT2D eigenvalue weighted by atomic mass is 9.71. The molecule has 25 heavy (non-hydrogen) atoms. The molecule has 0 saturated carbocycles. The summed E-state index contributed by atoms with van der Waals surface area (Å²) in [5.74, 6) is 0.659. The molecule has 2 aliphatic rings. The smallest absolute Gasteiger partial charge is 0.0947 e. The minimum atomic E-state index is 0.429. The minimum absolute atomic E-state index is 0.429. The van der Waals surface area contributed by atoms with Crippen molar-refractivity contribution in [1.29, 1.82) is 0 Å². The van der Waals surface area contributed by atoms with Gasteiger partial charge in [-0.15, -0.1) is 0 Å². The van der Waals surface area contributed by atoms with Crippen LogP contribution in [0.15, 0.2) is 39.8 Å².